The fraction of sp³-hybridized carbons (Fsp3) is 1.00. The Bertz CT molecular complexity index is 126. The van der Waals surface area contributed by atoms with E-state index in [9.17, 15) is 4.57 Å². The Hall–Kier alpha value is 0.552. The minimum atomic E-state index is -1.83. The van der Waals surface area contributed by atoms with Crippen LogP contribution < -0.4 is 0 Å². The first-order valence-corrected chi connectivity index (χ1v) is 7.62. The lowest BCUT2D eigenvalue weighted by molar-refractivity contribution is 0.349. The number of hydrogen-bond acceptors (Lipinski definition) is 3. The van der Waals surface area contributed by atoms with Crippen LogP contribution >= 0.6 is 8.25 Å². The molecule has 0 aromatic carbocycles. The Balaban J connectivity index is 3.68. The molecular formula is C7H17AlO3P+. The largest absolute Gasteiger partial charge is 0.665 e. The summed E-state index contributed by atoms with van der Waals surface area (Å²) < 4.78 is 20.8. The van der Waals surface area contributed by atoms with Crippen LogP contribution in [0.3, 0.4) is 0 Å². The molecule has 5 heteroatoms. The number of hydrogen-bond donors (Lipinski definition) is 0. The van der Waals surface area contributed by atoms with Gasteiger partial charge in [-0.05, 0) is 0 Å². The van der Waals surface area contributed by atoms with Gasteiger partial charge in [-0.15, -0.1) is 4.52 Å². The Morgan fingerprint density at radius 3 is 2.08 bits per heavy atom. The van der Waals surface area contributed by atoms with Crippen LogP contribution in [0.25, 0.3) is 0 Å². The molecule has 0 fully saturated rings. The minimum absolute atomic E-state index is 1.10. The third-order valence-electron chi connectivity index (χ3n) is 1.61. The van der Waals surface area contributed by atoms with Gasteiger partial charge in [0.1, 0.15) is 0 Å². The van der Waals surface area contributed by atoms with Gasteiger partial charge in [-0.3, -0.25) is 3.58 Å². The third kappa shape index (κ3) is 6.11. The maximum Gasteiger partial charge on any atom is 0.665 e. The highest BCUT2D eigenvalue weighted by Crippen LogP contribution is 2.26. The number of rotatable bonds is 7. The van der Waals surface area contributed by atoms with Crippen LogP contribution in [-0.4, -0.2) is 21.6 Å². The van der Waals surface area contributed by atoms with Crippen molar-refractivity contribution in [3.05, 3.63) is 0 Å². The minimum Gasteiger partial charge on any atom is -0.266 e. The van der Waals surface area contributed by atoms with Crippen LogP contribution in [0.5, 0.6) is 0 Å². The highest BCUT2D eigenvalue weighted by atomic mass is 31.1. The maximum absolute atomic E-state index is 10.9. The van der Waals surface area contributed by atoms with Crippen LogP contribution in [0.2, 0.25) is 10.6 Å². The zero-order chi connectivity index (χ0) is 9.40. The standard InChI is InChI=1S/2C3H7.CH3O3P.Al/c2*1-3-2;1-4-5(2)3;/h2*1,3H2,2H3;1H3;/q;;;+1. The van der Waals surface area contributed by atoms with Crippen molar-refractivity contribution >= 4 is 22.7 Å². The molecule has 70 valence electrons. The molecule has 0 saturated heterocycles. The molecule has 0 spiro atoms. The summed E-state index contributed by atoms with van der Waals surface area (Å²) >= 11 is -1.22. The molecule has 0 amide bonds. The van der Waals surface area contributed by atoms with Crippen molar-refractivity contribution in [3.8, 4) is 0 Å². The second-order valence-corrected chi connectivity index (χ2v) is 6.77. The summed E-state index contributed by atoms with van der Waals surface area (Å²) in [5.41, 5.74) is 0. The Morgan fingerprint density at radius 2 is 1.75 bits per heavy atom. The molecule has 0 aliphatic heterocycles. The van der Waals surface area contributed by atoms with Gasteiger partial charge in [-0.2, -0.15) is 0 Å². The van der Waals surface area contributed by atoms with Crippen molar-refractivity contribution in [2.45, 2.75) is 37.3 Å². The van der Waals surface area contributed by atoms with Crippen molar-refractivity contribution in [2.24, 2.45) is 0 Å². The lowest BCUT2D eigenvalue weighted by Crippen LogP contribution is -2.13. The molecule has 3 nitrogen and oxygen atoms in total. The van der Waals surface area contributed by atoms with E-state index in [0.717, 1.165) is 23.4 Å². The summed E-state index contributed by atoms with van der Waals surface area (Å²) in [5.74, 6) is 0. The molecule has 0 radical (unpaired) electrons. The molecule has 1 atom stereocenters. The molecule has 0 aromatic heterocycles. The predicted octanol–water partition coefficient (Wildman–Crippen LogP) is 3.12. The summed E-state index contributed by atoms with van der Waals surface area (Å²) in [6, 6.07) is 0. The second-order valence-electron chi connectivity index (χ2n) is 2.71. The van der Waals surface area contributed by atoms with Gasteiger partial charge < -0.3 is 0 Å². The third-order valence-corrected chi connectivity index (χ3v) is 6.23. The maximum atomic E-state index is 10.9. The molecule has 0 aliphatic carbocycles. The van der Waals surface area contributed by atoms with Crippen LogP contribution in [0.1, 0.15) is 26.7 Å². The molecule has 12 heavy (non-hydrogen) atoms. The van der Waals surface area contributed by atoms with E-state index >= 15 is 0 Å². The van der Waals surface area contributed by atoms with Gasteiger partial charge in [-0.25, -0.2) is 0 Å². The van der Waals surface area contributed by atoms with Crippen LogP contribution in [-0.2, 0) is 12.7 Å². The molecule has 0 heterocycles. The molecule has 0 rings (SSSR count). The Kier molecular flexibility index (Phi) is 8.54. The van der Waals surface area contributed by atoms with Gasteiger partial charge in [0, 0.05) is 4.57 Å². The first-order chi connectivity index (χ1) is 5.74. The molecule has 0 N–H and O–H groups in total. The van der Waals surface area contributed by atoms with E-state index in [-0.39, 0.29) is 0 Å². The summed E-state index contributed by atoms with van der Waals surface area (Å²) in [5, 5.41) is 2.19. The summed E-state index contributed by atoms with van der Waals surface area (Å²) in [4.78, 5) is 0. The average Bonchev–Trinajstić information content (AvgIpc) is 2.05. The normalized spacial score (nSPS) is 11.4. The quantitative estimate of drug-likeness (QED) is 0.475. The van der Waals surface area contributed by atoms with Crippen molar-refractivity contribution in [3.63, 3.8) is 0 Å². The monoisotopic (exact) mass is 207 g/mol. The Morgan fingerprint density at radius 1 is 1.25 bits per heavy atom. The first-order valence-electron chi connectivity index (χ1n) is 4.42. The molecule has 1 unspecified atom stereocenters. The summed E-state index contributed by atoms with van der Waals surface area (Å²) in [7, 11) is -0.410. The zero-order valence-corrected chi connectivity index (χ0v) is 10.1. The highest BCUT2D eigenvalue weighted by Gasteiger charge is 2.31. The topological polar surface area (TPSA) is 35.5 Å². The SMILES string of the molecule is CC[CH2][Al]([CH2]CC)[O][P+](=O)OC. The van der Waals surface area contributed by atoms with Crippen molar-refractivity contribution in [1.29, 1.82) is 0 Å². The highest BCUT2D eigenvalue weighted by molar-refractivity contribution is 7.35. The van der Waals surface area contributed by atoms with E-state index in [1.54, 1.807) is 0 Å². The molecule has 0 aromatic rings. The van der Waals surface area contributed by atoms with E-state index in [4.69, 9.17) is 3.58 Å². The fourth-order valence-electron chi connectivity index (χ4n) is 1.06. The van der Waals surface area contributed by atoms with E-state index < -0.39 is 22.7 Å². The van der Waals surface area contributed by atoms with Gasteiger partial charge >= 0.3 is 22.7 Å². The van der Waals surface area contributed by atoms with E-state index in [0.29, 0.717) is 0 Å². The lowest BCUT2D eigenvalue weighted by atomic mass is 10.6. The second kappa shape index (κ2) is 8.16. The molecule has 0 bridgehead atoms. The molecule has 0 saturated carbocycles. The van der Waals surface area contributed by atoms with Crippen molar-refractivity contribution in [2.75, 3.05) is 7.11 Å². The predicted molar refractivity (Wildman–Crippen MR) is 51.7 cm³/mol. The van der Waals surface area contributed by atoms with Gasteiger partial charge in [0.05, 0.1) is 7.11 Å². The van der Waals surface area contributed by atoms with Gasteiger partial charge in [0.15, 0.2) is 0 Å². The van der Waals surface area contributed by atoms with Crippen molar-refractivity contribution in [1.82, 2.24) is 0 Å². The van der Waals surface area contributed by atoms with E-state index in [2.05, 4.69) is 18.4 Å². The summed E-state index contributed by atoms with van der Waals surface area (Å²) in [6.45, 7) is 4.25. The summed E-state index contributed by atoms with van der Waals surface area (Å²) in [6.07, 6.45) is 2.23. The molecule has 0 aliphatic rings. The Labute approximate surface area is 80.1 Å². The zero-order valence-electron chi connectivity index (χ0n) is 8.08. The van der Waals surface area contributed by atoms with Crippen LogP contribution in [0.15, 0.2) is 0 Å². The average molecular weight is 207 g/mol. The smallest absolute Gasteiger partial charge is 0.266 e. The lowest BCUT2D eigenvalue weighted by Gasteiger charge is -1.99. The van der Waals surface area contributed by atoms with Gasteiger partial charge in [-0.1, -0.05) is 37.3 Å². The van der Waals surface area contributed by atoms with E-state index in [1.807, 2.05) is 0 Å². The van der Waals surface area contributed by atoms with Gasteiger partial charge in [0.25, 0.3) is 0 Å². The van der Waals surface area contributed by atoms with Crippen LogP contribution in [0.4, 0.5) is 0 Å². The van der Waals surface area contributed by atoms with Gasteiger partial charge in [0.2, 0.25) is 0 Å². The first kappa shape index (κ1) is 12.6. The van der Waals surface area contributed by atoms with E-state index in [1.165, 1.54) is 7.11 Å². The van der Waals surface area contributed by atoms with Crippen molar-refractivity contribution < 1.29 is 12.7 Å². The van der Waals surface area contributed by atoms with Crippen LogP contribution in [0, 0.1) is 0 Å². The fourth-order valence-corrected chi connectivity index (χ4v) is 4.80. The molecular weight excluding hydrogens is 190 g/mol.